The zero-order valence-electron chi connectivity index (χ0n) is 28.1. The quantitative estimate of drug-likeness (QED) is 0.191. The van der Waals surface area contributed by atoms with Crippen LogP contribution in [-0.2, 0) is 26.9 Å². The second-order valence-electron chi connectivity index (χ2n) is 13.5. The van der Waals surface area contributed by atoms with E-state index in [9.17, 15) is 0 Å². The number of aromatic nitrogens is 4. The van der Waals surface area contributed by atoms with Crippen LogP contribution in [0.3, 0.4) is 0 Å². The molecule has 0 spiro atoms. The molecule has 0 saturated carbocycles. The monoisotopic (exact) mass is 642 g/mol. The van der Waals surface area contributed by atoms with Crippen molar-refractivity contribution in [1.29, 1.82) is 0 Å². The number of aryl methyl sites for hydroxylation is 2. The molecule has 0 bridgehead atoms. The van der Waals surface area contributed by atoms with Crippen LogP contribution in [0.2, 0.25) is 0 Å². The van der Waals surface area contributed by atoms with Gasteiger partial charge in [-0.3, -0.25) is 0 Å². The number of hydrogen-bond acceptors (Lipinski definition) is 2. The highest BCUT2D eigenvalue weighted by Gasteiger charge is 2.23. The third kappa shape index (κ3) is 4.38. The van der Waals surface area contributed by atoms with E-state index in [0.717, 1.165) is 52.3 Å². The fourth-order valence-corrected chi connectivity index (χ4v) is 8.12. The van der Waals surface area contributed by atoms with Crippen molar-refractivity contribution in [3.05, 3.63) is 157 Å². The summed E-state index contributed by atoms with van der Waals surface area (Å²) in [6.07, 6.45) is 2.08. The van der Waals surface area contributed by atoms with E-state index in [1.54, 1.807) is 0 Å². The Bertz CT molecular complexity index is 2760. The summed E-state index contributed by atoms with van der Waals surface area (Å²) in [4.78, 5) is 10.3. The molecular formula is C46H34N4. The number of benzene rings is 7. The van der Waals surface area contributed by atoms with Crippen molar-refractivity contribution in [3.63, 3.8) is 0 Å². The van der Waals surface area contributed by atoms with Crippen LogP contribution in [0.15, 0.2) is 146 Å². The molecule has 238 valence electrons. The average molecular weight is 643 g/mol. The SMILES string of the molecule is Cn1c(-c2ccc(-c3cccc4cccc(-c5ccc(-c6nc7c8ccccc8ccc7n6C)cc5)c34)cc2)nc2c1CCc1ccccc1-2. The van der Waals surface area contributed by atoms with Crippen molar-refractivity contribution in [2.75, 3.05) is 0 Å². The van der Waals surface area contributed by atoms with Gasteiger partial charge >= 0.3 is 0 Å². The Balaban J connectivity index is 1.02. The Kier molecular flexibility index (Phi) is 6.40. The summed E-state index contributed by atoms with van der Waals surface area (Å²) in [6.45, 7) is 0. The molecule has 1 aliphatic rings. The predicted octanol–water partition coefficient (Wildman–Crippen LogP) is 11.0. The molecule has 1 aliphatic carbocycles. The summed E-state index contributed by atoms with van der Waals surface area (Å²) in [5.74, 6) is 1.99. The van der Waals surface area contributed by atoms with Crippen molar-refractivity contribution in [1.82, 2.24) is 19.1 Å². The van der Waals surface area contributed by atoms with E-state index >= 15 is 0 Å². The highest BCUT2D eigenvalue weighted by Crippen LogP contribution is 2.39. The van der Waals surface area contributed by atoms with Crippen LogP contribution in [-0.4, -0.2) is 19.1 Å². The highest BCUT2D eigenvalue weighted by molar-refractivity contribution is 6.07. The van der Waals surface area contributed by atoms with Gasteiger partial charge in [-0.1, -0.05) is 140 Å². The van der Waals surface area contributed by atoms with Gasteiger partial charge < -0.3 is 9.13 Å². The molecule has 2 aromatic heterocycles. The first-order chi connectivity index (χ1) is 24.6. The standard InChI is InChI=1S/C46H34N4/c1-49-40-27-25-29-9-3-5-13-38(29)43(40)47-45(49)34-21-17-31(18-22-34)36-15-7-11-33-12-8-16-37(42(33)36)32-19-23-35(24-20-32)46-48-44-39-14-6-4-10-30(39)26-28-41(44)50(46)2/h3-25,27H,26,28H2,1-2H3. The third-order valence-electron chi connectivity index (χ3n) is 10.7. The molecule has 0 radical (unpaired) electrons. The zero-order chi connectivity index (χ0) is 33.3. The maximum absolute atomic E-state index is 5.18. The van der Waals surface area contributed by atoms with Crippen molar-refractivity contribution < 1.29 is 0 Å². The molecule has 0 saturated heterocycles. The van der Waals surface area contributed by atoms with E-state index in [1.807, 2.05) is 0 Å². The van der Waals surface area contributed by atoms with E-state index in [1.165, 1.54) is 60.6 Å². The lowest BCUT2D eigenvalue weighted by Gasteiger charge is -2.16. The topological polar surface area (TPSA) is 35.6 Å². The van der Waals surface area contributed by atoms with E-state index in [-0.39, 0.29) is 0 Å². The summed E-state index contributed by atoms with van der Waals surface area (Å²) in [6, 6.07) is 52.6. The molecular weight excluding hydrogens is 609 g/mol. The van der Waals surface area contributed by atoms with Gasteiger partial charge in [0.05, 0.1) is 16.7 Å². The molecule has 10 rings (SSSR count). The van der Waals surface area contributed by atoms with Gasteiger partial charge in [0.15, 0.2) is 0 Å². The average Bonchev–Trinajstić information content (AvgIpc) is 3.71. The van der Waals surface area contributed by atoms with E-state index in [2.05, 4.69) is 169 Å². The zero-order valence-corrected chi connectivity index (χ0v) is 28.1. The summed E-state index contributed by atoms with van der Waals surface area (Å²) < 4.78 is 4.49. The Morgan fingerprint density at radius 2 is 1.04 bits per heavy atom. The molecule has 2 heterocycles. The number of hydrogen-bond donors (Lipinski definition) is 0. The van der Waals surface area contributed by atoms with Gasteiger partial charge in [0.1, 0.15) is 11.6 Å². The first-order valence-corrected chi connectivity index (χ1v) is 17.3. The summed E-state index contributed by atoms with van der Waals surface area (Å²) in [5, 5.41) is 4.88. The van der Waals surface area contributed by atoms with Gasteiger partial charge in [-0.05, 0) is 62.9 Å². The van der Waals surface area contributed by atoms with Crippen LogP contribution in [0.4, 0.5) is 0 Å². The number of fused-ring (bicyclic) bond motifs is 7. The van der Waals surface area contributed by atoms with Crippen molar-refractivity contribution in [2.24, 2.45) is 14.1 Å². The molecule has 0 aliphatic heterocycles. The van der Waals surface area contributed by atoms with Gasteiger partial charge in [0.25, 0.3) is 0 Å². The molecule has 9 aromatic rings. The maximum atomic E-state index is 5.18. The van der Waals surface area contributed by atoms with Crippen molar-refractivity contribution in [3.8, 4) is 56.3 Å². The van der Waals surface area contributed by atoms with Crippen LogP contribution < -0.4 is 0 Å². The first kappa shape index (κ1) is 28.7. The molecule has 7 aromatic carbocycles. The molecule has 4 nitrogen and oxygen atoms in total. The third-order valence-corrected chi connectivity index (χ3v) is 10.7. The summed E-state index contributed by atoms with van der Waals surface area (Å²) >= 11 is 0. The van der Waals surface area contributed by atoms with Crippen molar-refractivity contribution >= 4 is 32.6 Å². The van der Waals surface area contributed by atoms with Crippen molar-refractivity contribution in [2.45, 2.75) is 12.8 Å². The second-order valence-corrected chi connectivity index (χ2v) is 13.5. The fraction of sp³-hybridized carbons (Fsp3) is 0.0870. The highest BCUT2D eigenvalue weighted by atomic mass is 15.1. The fourth-order valence-electron chi connectivity index (χ4n) is 8.12. The van der Waals surface area contributed by atoms with Crippen LogP contribution in [0.1, 0.15) is 11.3 Å². The van der Waals surface area contributed by atoms with Gasteiger partial charge in [-0.25, -0.2) is 9.97 Å². The number of rotatable bonds is 4. The molecule has 0 N–H and O–H groups in total. The number of imidazole rings is 2. The molecule has 0 atom stereocenters. The van der Waals surface area contributed by atoms with E-state index in [4.69, 9.17) is 9.97 Å². The van der Waals surface area contributed by atoms with Gasteiger partial charge in [0, 0.05) is 41.9 Å². The van der Waals surface area contributed by atoms with Crippen LogP contribution in [0.5, 0.6) is 0 Å². The normalized spacial score (nSPS) is 12.4. The minimum absolute atomic E-state index is 0.972. The minimum atomic E-state index is 0.972. The van der Waals surface area contributed by atoms with E-state index < -0.39 is 0 Å². The largest absolute Gasteiger partial charge is 0.331 e. The molecule has 50 heavy (non-hydrogen) atoms. The molecule has 0 unspecified atom stereocenters. The van der Waals surface area contributed by atoms with E-state index in [0.29, 0.717) is 0 Å². The summed E-state index contributed by atoms with van der Waals surface area (Å²) in [7, 11) is 4.26. The van der Waals surface area contributed by atoms with Crippen LogP contribution in [0, 0.1) is 0 Å². The van der Waals surface area contributed by atoms with Crippen LogP contribution >= 0.6 is 0 Å². The van der Waals surface area contributed by atoms with Gasteiger partial charge in [-0.2, -0.15) is 0 Å². The Hall–Kier alpha value is -6.26. The molecule has 4 heteroatoms. The minimum Gasteiger partial charge on any atom is -0.331 e. The lowest BCUT2D eigenvalue weighted by atomic mass is 9.91. The molecule has 0 fully saturated rings. The lowest BCUT2D eigenvalue weighted by Crippen LogP contribution is -2.07. The predicted molar refractivity (Wildman–Crippen MR) is 207 cm³/mol. The second kappa shape index (κ2) is 11.1. The summed E-state index contributed by atoms with van der Waals surface area (Å²) in [5.41, 5.74) is 14.4. The van der Waals surface area contributed by atoms with Gasteiger partial charge in [0.2, 0.25) is 0 Å². The maximum Gasteiger partial charge on any atom is 0.140 e. The Labute approximate surface area is 290 Å². The lowest BCUT2D eigenvalue weighted by molar-refractivity contribution is 0.798. The number of nitrogens with zero attached hydrogens (tertiary/aromatic N) is 4. The van der Waals surface area contributed by atoms with Gasteiger partial charge in [-0.15, -0.1) is 0 Å². The first-order valence-electron chi connectivity index (χ1n) is 17.3. The molecule has 0 amide bonds. The van der Waals surface area contributed by atoms with Crippen LogP contribution in [0.25, 0.3) is 88.9 Å². The smallest absolute Gasteiger partial charge is 0.140 e. The Morgan fingerprint density at radius 3 is 1.76 bits per heavy atom. The Morgan fingerprint density at radius 1 is 0.460 bits per heavy atom.